The Bertz CT molecular complexity index is 368. The molecule has 0 aliphatic heterocycles. The molecule has 4 heteroatoms. The molecule has 1 rings (SSSR count). The van der Waals surface area contributed by atoms with Crippen molar-refractivity contribution in [3.63, 3.8) is 0 Å². The maximum absolute atomic E-state index is 5.60. The summed E-state index contributed by atoms with van der Waals surface area (Å²) < 4.78 is 1.11. The largest absolute Gasteiger partial charge is 0.393 e. The highest BCUT2D eigenvalue weighted by Crippen LogP contribution is 2.13. The molecule has 88 valence electrons. The molecular formula is C12H17BrN2S. The fraction of sp³-hybridized carbons (Fsp3) is 0.417. The monoisotopic (exact) mass is 300 g/mol. The van der Waals surface area contributed by atoms with Crippen molar-refractivity contribution in [1.82, 2.24) is 4.90 Å². The molecule has 0 saturated heterocycles. The Kier molecular flexibility index (Phi) is 5.38. The predicted octanol–water partition coefficient (Wildman–Crippen LogP) is 2.80. The minimum atomic E-state index is 0.257. The molecule has 0 amide bonds. The van der Waals surface area contributed by atoms with Crippen molar-refractivity contribution >= 4 is 33.1 Å². The number of hydrogen-bond donors (Lipinski definition) is 1. The van der Waals surface area contributed by atoms with E-state index in [0.717, 1.165) is 17.6 Å². The average Bonchev–Trinajstić information content (AvgIpc) is 2.16. The molecule has 0 radical (unpaired) electrons. The van der Waals surface area contributed by atoms with Crippen molar-refractivity contribution in [3.05, 3.63) is 34.3 Å². The van der Waals surface area contributed by atoms with Crippen LogP contribution in [0.1, 0.15) is 12.5 Å². The van der Waals surface area contributed by atoms with E-state index in [4.69, 9.17) is 18.0 Å². The molecule has 2 N–H and O–H groups in total. The van der Waals surface area contributed by atoms with Crippen molar-refractivity contribution in [2.24, 2.45) is 11.7 Å². The first kappa shape index (κ1) is 13.6. The zero-order valence-electron chi connectivity index (χ0n) is 9.61. The Morgan fingerprint density at radius 2 is 2.25 bits per heavy atom. The van der Waals surface area contributed by atoms with Crippen molar-refractivity contribution in [2.45, 2.75) is 13.5 Å². The van der Waals surface area contributed by atoms with Crippen LogP contribution in [0.25, 0.3) is 0 Å². The highest BCUT2D eigenvalue weighted by molar-refractivity contribution is 9.10. The van der Waals surface area contributed by atoms with Crippen LogP contribution in [0, 0.1) is 5.92 Å². The van der Waals surface area contributed by atoms with Gasteiger partial charge in [0, 0.05) is 23.5 Å². The fourth-order valence-electron chi connectivity index (χ4n) is 1.57. The Morgan fingerprint density at radius 1 is 1.56 bits per heavy atom. The van der Waals surface area contributed by atoms with Gasteiger partial charge in [0.2, 0.25) is 0 Å². The van der Waals surface area contributed by atoms with E-state index in [9.17, 15) is 0 Å². The van der Waals surface area contributed by atoms with Crippen LogP contribution in [0.15, 0.2) is 28.7 Å². The molecule has 0 bridgehead atoms. The number of hydrogen-bond acceptors (Lipinski definition) is 2. The molecule has 0 saturated carbocycles. The first-order valence-corrected chi connectivity index (χ1v) is 6.41. The molecule has 1 aromatic rings. The number of halogens is 1. The van der Waals surface area contributed by atoms with Crippen molar-refractivity contribution < 1.29 is 0 Å². The van der Waals surface area contributed by atoms with E-state index in [2.05, 4.69) is 46.9 Å². The Morgan fingerprint density at radius 3 is 2.81 bits per heavy atom. The number of nitrogens with zero attached hydrogens (tertiary/aromatic N) is 1. The highest BCUT2D eigenvalue weighted by atomic mass is 79.9. The van der Waals surface area contributed by atoms with Crippen LogP contribution in [0.3, 0.4) is 0 Å². The Balaban J connectivity index is 2.51. The third-order valence-electron chi connectivity index (χ3n) is 2.41. The summed E-state index contributed by atoms with van der Waals surface area (Å²) in [5.41, 5.74) is 6.88. The summed E-state index contributed by atoms with van der Waals surface area (Å²) in [5.74, 6) is 0.257. The van der Waals surface area contributed by atoms with Crippen LogP contribution in [0.5, 0.6) is 0 Å². The molecule has 1 unspecified atom stereocenters. The van der Waals surface area contributed by atoms with Gasteiger partial charge in [-0.15, -0.1) is 0 Å². The summed E-state index contributed by atoms with van der Waals surface area (Å²) in [4.78, 5) is 2.81. The second kappa shape index (κ2) is 6.33. The van der Waals surface area contributed by atoms with Crippen molar-refractivity contribution in [3.8, 4) is 0 Å². The number of nitrogens with two attached hydrogens (primary N) is 1. The Labute approximate surface area is 111 Å². The normalized spacial score (nSPS) is 12.8. The molecule has 0 fully saturated rings. The first-order chi connectivity index (χ1) is 7.49. The van der Waals surface area contributed by atoms with Gasteiger partial charge in [-0.1, -0.05) is 47.2 Å². The fourth-order valence-corrected chi connectivity index (χ4v) is 2.09. The molecule has 0 heterocycles. The maximum Gasteiger partial charge on any atom is 0.0768 e. The van der Waals surface area contributed by atoms with Gasteiger partial charge in [-0.2, -0.15) is 0 Å². The lowest BCUT2D eigenvalue weighted by atomic mass is 10.1. The van der Waals surface area contributed by atoms with Crippen LogP contribution in [-0.4, -0.2) is 23.5 Å². The lowest BCUT2D eigenvalue weighted by Gasteiger charge is -2.20. The lowest BCUT2D eigenvalue weighted by Crippen LogP contribution is -2.31. The summed E-state index contributed by atoms with van der Waals surface area (Å²) in [6.45, 7) is 3.86. The second-order valence-electron chi connectivity index (χ2n) is 4.13. The van der Waals surface area contributed by atoms with Gasteiger partial charge in [0.05, 0.1) is 4.99 Å². The van der Waals surface area contributed by atoms with Crippen molar-refractivity contribution in [1.29, 1.82) is 0 Å². The first-order valence-electron chi connectivity index (χ1n) is 5.21. The zero-order chi connectivity index (χ0) is 12.1. The van der Waals surface area contributed by atoms with E-state index in [0.29, 0.717) is 4.99 Å². The highest BCUT2D eigenvalue weighted by Gasteiger charge is 2.09. The summed E-state index contributed by atoms with van der Waals surface area (Å²) in [6.07, 6.45) is 0. The van der Waals surface area contributed by atoms with Gasteiger partial charge in [0.1, 0.15) is 0 Å². The summed E-state index contributed by atoms with van der Waals surface area (Å²) in [6, 6.07) is 8.32. The third-order valence-corrected chi connectivity index (χ3v) is 3.31. The SMILES string of the molecule is CC(CN(C)Cc1cccc(Br)c1)C(N)=S. The molecular weight excluding hydrogens is 284 g/mol. The van der Waals surface area contributed by atoms with E-state index in [1.165, 1.54) is 5.56 Å². The van der Waals surface area contributed by atoms with Crippen LogP contribution >= 0.6 is 28.1 Å². The van der Waals surface area contributed by atoms with Gasteiger partial charge in [0.25, 0.3) is 0 Å². The van der Waals surface area contributed by atoms with Gasteiger partial charge in [-0.05, 0) is 24.7 Å². The van der Waals surface area contributed by atoms with Crippen LogP contribution in [0.4, 0.5) is 0 Å². The molecule has 2 nitrogen and oxygen atoms in total. The average molecular weight is 301 g/mol. The number of thiocarbonyl (C=S) groups is 1. The molecule has 0 spiro atoms. The van der Waals surface area contributed by atoms with Gasteiger partial charge in [0.15, 0.2) is 0 Å². The Hall–Kier alpha value is -0.450. The molecule has 0 aromatic heterocycles. The minimum Gasteiger partial charge on any atom is -0.393 e. The standard InChI is InChI=1S/C12H17BrN2S/c1-9(12(14)16)7-15(2)8-10-4-3-5-11(13)6-10/h3-6,9H,7-8H2,1-2H3,(H2,14,16). The molecule has 1 atom stereocenters. The van der Waals surface area contributed by atoms with E-state index < -0.39 is 0 Å². The predicted molar refractivity (Wildman–Crippen MR) is 76.4 cm³/mol. The number of rotatable bonds is 5. The molecule has 16 heavy (non-hydrogen) atoms. The summed E-state index contributed by atoms with van der Waals surface area (Å²) in [7, 11) is 2.08. The lowest BCUT2D eigenvalue weighted by molar-refractivity contribution is 0.307. The summed E-state index contributed by atoms with van der Waals surface area (Å²) in [5, 5.41) is 0. The van der Waals surface area contributed by atoms with Crippen LogP contribution in [0.2, 0.25) is 0 Å². The summed E-state index contributed by atoms with van der Waals surface area (Å²) >= 11 is 8.43. The van der Waals surface area contributed by atoms with Gasteiger partial charge in [-0.25, -0.2) is 0 Å². The van der Waals surface area contributed by atoms with E-state index in [-0.39, 0.29) is 5.92 Å². The molecule has 0 aliphatic rings. The van der Waals surface area contributed by atoms with Gasteiger partial charge in [-0.3, -0.25) is 0 Å². The van der Waals surface area contributed by atoms with E-state index in [1.54, 1.807) is 0 Å². The topological polar surface area (TPSA) is 29.3 Å². The third kappa shape index (κ3) is 4.60. The van der Waals surface area contributed by atoms with Gasteiger partial charge < -0.3 is 10.6 Å². The minimum absolute atomic E-state index is 0.257. The van der Waals surface area contributed by atoms with E-state index >= 15 is 0 Å². The second-order valence-corrected chi connectivity index (χ2v) is 5.52. The van der Waals surface area contributed by atoms with Crippen LogP contribution in [-0.2, 0) is 6.54 Å². The smallest absolute Gasteiger partial charge is 0.0768 e. The van der Waals surface area contributed by atoms with Crippen LogP contribution < -0.4 is 5.73 Å². The molecule has 1 aromatic carbocycles. The quantitative estimate of drug-likeness (QED) is 0.848. The number of benzene rings is 1. The van der Waals surface area contributed by atoms with Gasteiger partial charge >= 0.3 is 0 Å². The molecule has 0 aliphatic carbocycles. The zero-order valence-corrected chi connectivity index (χ0v) is 12.0. The van der Waals surface area contributed by atoms with Crippen molar-refractivity contribution in [2.75, 3.05) is 13.6 Å². The van der Waals surface area contributed by atoms with E-state index in [1.807, 2.05) is 12.1 Å². The maximum atomic E-state index is 5.60.